The van der Waals surface area contributed by atoms with Crippen molar-refractivity contribution in [3.05, 3.63) is 30.5 Å². The van der Waals surface area contributed by atoms with Crippen LogP contribution in [0.5, 0.6) is 0 Å². The van der Waals surface area contributed by atoms with Crippen molar-refractivity contribution in [1.82, 2.24) is 10.2 Å². The third-order valence-corrected chi connectivity index (χ3v) is 4.14. The van der Waals surface area contributed by atoms with E-state index in [-0.39, 0.29) is 0 Å². The van der Waals surface area contributed by atoms with E-state index in [1.54, 1.807) is 0 Å². The van der Waals surface area contributed by atoms with Crippen LogP contribution in [-0.2, 0) is 0 Å². The zero-order valence-corrected chi connectivity index (χ0v) is 10.9. The van der Waals surface area contributed by atoms with Crippen LogP contribution in [0.25, 0.3) is 10.9 Å². The molecule has 1 fully saturated rings. The Morgan fingerprint density at radius 1 is 1.28 bits per heavy atom. The Hall–Kier alpha value is -1.35. The van der Waals surface area contributed by atoms with Crippen LogP contribution in [0.3, 0.4) is 0 Å². The second-order valence-electron chi connectivity index (χ2n) is 4.87. The fraction of sp³-hybridized carbons (Fsp3) is 0.429. The van der Waals surface area contributed by atoms with Crippen molar-refractivity contribution in [2.24, 2.45) is 5.92 Å². The molecule has 1 aromatic carbocycles. The number of alkyl halides is 1. The molecule has 2 aromatic rings. The largest absolute Gasteiger partial charge is 0.380 e. The number of fused-ring (bicyclic) bond motifs is 1. The molecule has 3 nitrogen and oxygen atoms in total. The lowest BCUT2D eigenvalue weighted by atomic mass is 10.1. The first-order chi connectivity index (χ1) is 8.88. The van der Waals surface area contributed by atoms with Crippen molar-refractivity contribution in [3.8, 4) is 0 Å². The van der Waals surface area contributed by atoms with E-state index in [2.05, 4.69) is 21.6 Å². The van der Waals surface area contributed by atoms with Crippen LogP contribution in [0, 0.1) is 5.92 Å². The van der Waals surface area contributed by atoms with E-state index in [0.717, 1.165) is 22.5 Å². The third kappa shape index (κ3) is 2.15. The summed E-state index contributed by atoms with van der Waals surface area (Å²) in [7, 11) is 0. The van der Waals surface area contributed by atoms with Crippen LogP contribution in [0.2, 0.25) is 0 Å². The number of aromatic nitrogens is 2. The summed E-state index contributed by atoms with van der Waals surface area (Å²) in [5.74, 6) is 1.30. The van der Waals surface area contributed by atoms with Gasteiger partial charge < -0.3 is 5.32 Å². The van der Waals surface area contributed by atoms with Gasteiger partial charge in [-0.3, -0.25) is 0 Å². The molecular weight excluding hydrogens is 246 g/mol. The molecule has 94 valence electrons. The fourth-order valence-electron chi connectivity index (χ4n) is 2.73. The summed E-state index contributed by atoms with van der Waals surface area (Å²) in [5.41, 5.74) is 2.01. The molecule has 2 unspecified atom stereocenters. The second kappa shape index (κ2) is 5.11. The molecule has 1 aliphatic rings. The summed E-state index contributed by atoms with van der Waals surface area (Å²) < 4.78 is 0. The van der Waals surface area contributed by atoms with Gasteiger partial charge >= 0.3 is 0 Å². The highest BCUT2D eigenvalue weighted by Crippen LogP contribution is 2.31. The summed E-state index contributed by atoms with van der Waals surface area (Å²) >= 11 is 6.02. The molecule has 1 N–H and O–H groups in total. The Morgan fingerprint density at radius 3 is 3.06 bits per heavy atom. The molecule has 1 heterocycles. The number of rotatable bonds is 3. The molecule has 0 saturated heterocycles. The van der Waals surface area contributed by atoms with Gasteiger partial charge in [0.25, 0.3) is 0 Å². The number of benzene rings is 1. The first kappa shape index (κ1) is 11.7. The topological polar surface area (TPSA) is 37.8 Å². The first-order valence-corrected chi connectivity index (χ1v) is 6.95. The number of hydrogen-bond acceptors (Lipinski definition) is 3. The number of anilines is 1. The van der Waals surface area contributed by atoms with E-state index in [4.69, 9.17) is 11.6 Å². The van der Waals surface area contributed by atoms with E-state index < -0.39 is 0 Å². The van der Waals surface area contributed by atoms with Crippen LogP contribution in [-0.4, -0.2) is 22.1 Å². The fourth-order valence-corrected chi connectivity index (χ4v) is 3.10. The van der Waals surface area contributed by atoms with Crippen molar-refractivity contribution >= 4 is 28.2 Å². The summed E-state index contributed by atoms with van der Waals surface area (Å²) in [6.07, 6.45) is 5.48. The normalized spacial score (nSPS) is 23.4. The van der Waals surface area contributed by atoms with Gasteiger partial charge in [-0.15, -0.1) is 11.6 Å². The van der Waals surface area contributed by atoms with Crippen LogP contribution in [0.15, 0.2) is 30.5 Å². The molecule has 0 spiro atoms. The Bertz CT molecular complexity index is 538. The minimum Gasteiger partial charge on any atom is -0.380 e. The molecule has 4 heteroatoms. The van der Waals surface area contributed by atoms with Crippen molar-refractivity contribution in [2.45, 2.75) is 25.3 Å². The summed E-state index contributed by atoms with van der Waals surface area (Å²) in [5, 5.41) is 12.9. The minimum absolute atomic E-state index is 0.468. The Labute approximate surface area is 112 Å². The molecule has 1 aromatic heterocycles. The molecule has 1 aliphatic carbocycles. The molecule has 0 radical (unpaired) electrons. The zero-order chi connectivity index (χ0) is 12.4. The van der Waals surface area contributed by atoms with Gasteiger partial charge in [-0.2, -0.15) is 10.2 Å². The Kier molecular flexibility index (Phi) is 3.33. The van der Waals surface area contributed by atoms with E-state index in [9.17, 15) is 0 Å². The summed E-state index contributed by atoms with van der Waals surface area (Å²) in [4.78, 5) is 0. The maximum absolute atomic E-state index is 6.02. The quantitative estimate of drug-likeness (QED) is 0.860. The molecule has 0 aliphatic heterocycles. The van der Waals surface area contributed by atoms with Gasteiger partial charge in [0.15, 0.2) is 0 Å². The summed E-state index contributed by atoms with van der Waals surface area (Å²) in [6, 6.07) is 8.55. The number of nitrogens with zero attached hydrogens (tertiary/aromatic N) is 2. The smallest absolute Gasteiger partial charge is 0.0950 e. The van der Waals surface area contributed by atoms with Crippen LogP contribution in [0.1, 0.15) is 19.3 Å². The van der Waals surface area contributed by atoms with Crippen molar-refractivity contribution < 1.29 is 0 Å². The molecule has 0 bridgehead atoms. The number of halogens is 1. The van der Waals surface area contributed by atoms with Gasteiger partial charge in [0.05, 0.1) is 17.4 Å². The Balaban J connectivity index is 1.90. The maximum atomic E-state index is 6.02. The lowest BCUT2D eigenvalue weighted by molar-refractivity contribution is 0.563. The summed E-state index contributed by atoms with van der Waals surface area (Å²) in [6.45, 7) is 0. The van der Waals surface area contributed by atoms with Crippen molar-refractivity contribution in [3.63, 3.8) is 0 Å². The second-order valence-corrected chi connectivity index (χ2v) is 5.18. The van der Waals surface area contributed by atoms with Gasteiger partial charge in [-0.1, -0.05) is 24.6 Å². The van der Waals surface area contributed by atoms with Crippen molar-refractivity contribution in [1.29, 1.82) is 0 Å². The average molecular weight is 262 g/mol. The number of nitrogens with one attached hydrogen (secondary N) is 1. The standard InChI is InChI=1S/C14H16ClN3/c15-8-10-4-3-7-12(10)17-14-9-16-18-13-6-2-1-5-11(13)14/h1-2,5-6,9-10,12H,3-4,7-8H2,(H,17,18). The van der Waals surface area contributed by atoms with Crippen LogP contribution < -0.4 is 5.32 Å². The van der Waals surface area contributed by atoms with Crippen LogP contribution in [0.4, 0.5) is 5.69 Å². The molecule has 18 heavy (non-hydrogen) atoms. The average Bonchev–Trinajstić information content (AvgIpc) is 2.86. The molecule has 2 atom stereocenters. The molecule has 1 saturated carbocycles. The van der Waals surface area contributed by atoms with E-state index in [1.165, 1.54) is 19.3 Å². The van der Waals surface area contributed by atoms with E-state index in [0.29, 0.717) is 12.0 Å². The van der Waals surface area contributed by atoms with E-state index in [1.807, 2.05) is 24.4 Å². The van der Waals surface area contributed by atoms with Gasteiger partial charge in [0.1, 0.15) is 0 Å². The molecule has 0 amide bonds. The Morgan fingerprint density at radius 2 is 2.17 bits per heavy atom. The highest BCUT2D eigenvalue weighted by molar-refractivity contribution is 6.18. The molecular formula is C14H16ClN3. The van der Waals surface area contributed by atoms with Gasteiger partial charge in [0.2, 0.25) is 0 Å². The lowest BCUT2D eigenvalue weighted by Crippen LogP contribution is -2.25. The minimum atomic E-state index is 0.468. The van der Waals surface area contributed by atoms with Crippen molar-refractivity contribution in [2.75, 3.05) is 11.2 Å². The number of hydrogen-bond donors (Lipinski definition) is 1. The van der Waals surface area contributed by atoms with Gasteiger partial charge in [-0.25, -0.2) is 0 Å². The third-order valence-electron chi connectivity index (χ3n) is 3.74. The predicted molar refractivity (Wildman–Crippen MR) is 75.0 cm³/mol. The maximum Gasteiger partial charge on any atom is 0.0950 e. The highest BCUT2D eigenvalue weighted by atomic mass is 35.5. The van der Waals surface area contributed by atoms with E-state index >= 15 is 0 Å². The molecule has 3 rings (SSSR count). The zero-order valence-electron chi connectivity index (χ0n) is 10.1. The predicted octanol–water partition coefficient (Wildman–Crippen LogP) is 3.45. The SMILES string of the molecule is ClCC1CCCC1Nc1cnnc2ccccc12. The first-order valence-electron chi connectivity index (χ1n) is 6.41. The lowest BCUT2D eigenvalue weighted by Gasteiger charge is -2.20. The van der Waals surface area contributed by atoms with Gasteiger partial charge in [0, 0.05) is 17.3 Å². The van der Waals surface area contributed by atoms with Gasteiger partial charge in [-0.05, 0) is 24.8 Å². The van der Waals surface area contributed by atoms with Crippen LogP contribution >= 0.6 is 11.6 Å². The monoisotopic (exact) mass is 261 g/mol. The highest BCUT2D eigenvalue weighted by Gasteiger charge is 2.26.